The molecule has 0 atom stereocenters. The van der Waals surface area contributed by atoms with Gasteiger partial charge in [-0.05, 0) is 51.1 Å². The van der Waals surface area contributed by atoms with E-state index >= 15 is 0 Å². The van der Waals surface area contributed by atoms with Crippen LogP contribution in [0.4, 0.5) is 0 Å². The third-order valence-electron chi connectivity index (χ3n) is 4.32. The third-order valence-corrected chi connectivity index (χ3v) is 4.32. The Hall–Kier alpha value is -1.88. The Morgan fingerprint density at radius 3 is 2.33 bits per heavy atom. The number of nitrogens with one attached hydrogen (secondary N) is 2. The third kappa shape index (κ3) is 6.32. The molecule has 5 heteroatoms. The van der Waals surface area contributed by atoms with E-state index in [-0.39, 0.29) is 36.4 Å². The summed E-state index contributed by atoms with van der Waals surface area (Å²) >= 11 is 0. The van der Waals surface area contributed by atoms with E-state index in [9.17, 15) is 9.59 Å². The van der Waals surface area contributed by atoms with Gasteiger partial charge in [0.25, 0.3) is 0 Å². The number of carbonyl (C=O) groups is 2. The number of hydrogen-bond acceptors (Lipinski definition) is 3. The molecular formula is C19H29N3O2. The molecule has 0 aliphatic heterocycles. The van der Waals surface area contributed by atoms with Crippen LogP contribution in [0.3, 0.4) is 0 Å². The first-order chi connectivity index (χ1) is 11.4. The van der Waals surface area contributed by atoms with Crippen molar-refractivity contribution in [3.8, 4) is 0 Å². The molecule has 1 aromatic carbocycles. The average molecular weight is 331 g/mol. The quantitative estimate of drug-likeness (QED) is 0.722. The summed E-state index contributed by atoms with van der Waals surface area (Å²) in [5.74, 6) is -0.0720. The highest BCUT2D eigenvalue weighted by molar-refractivity contribution is 5.81. The molecule has 1 aromatic rings. The number of nitrogens with zero attached hydrogens (tertiary/aromatic N) is 1. The zero-order valence-corrected chi connectivity index (χ0v) is 15.0. The van der Waals surface area contributed by atoms with Gasteiger partial charge < -0.3 is 10.6 Å². The molecule has 1 aliphatic rings. The molecule has 1 saturated carbocycles. The van der Waals surface area contributed by atoms with Crippen molar-refractivity contribution in [3.05, 3.63) is 35.9 Å². The van der Waals surface area contributed by atoms with Crippen LogP contribution in [0, 0.1) is 5.41 Å². The molecule has 0 spiro atoms. The van der Waals surface area contributed by atoms with Crippen molar-refractivity contribution >= 4 is 11.8 Å². The van der Waals surface area contributed by atoms with E-state index in [0.29, 0.717) is 6.54 Å². The van der Waals surface area contributed by atoms with Gasteiger partial charge in [-0.25, -0.2) is 0 Å². The van der Waals surface area contributed by atoms with Gasteiger partial charge in [0.15, 0.2) is 0 Å². The Bertz CT molecular complexity index is 553. The molecule has 0 heterocycles. The molecule has 0 radical (unpaired) electrons. The van der Waals surface area contributed by atoms with Crippen LogP contribution in [0.15, 0.2) is 30.3 Å². The van der Waals surface area contributed by atoms with E-state index in [2.05, 4.69) is 34.9 Å². The number of rotatable bonds is 9. The van der Waals surface area contributed by atoms with Crippen LogP contribution in [0.25, 0.3) is 0 Å². The molecule has 5 nitrogen and oxygen atoms in total. The summed E-state index contributed by atoms with van der Waals surface area (Å²) in [5.41, 5.74) is 1.55. The number of likely N-dealkylation sites (N-methyl/N-ethyl adjacent to an activating group) is 1. The van der Waals surface area contributed by atoms with Gasteiger partial charge in [-0.1, -0.05) is 30.3 Å². The lowest BCUT2D eigenvalue weighted by Gasteiger charge is -2.19. The highest BCUT2D eigenvalue weighted by atomic mass is 16.2. The molecular weight excluding hydrogens is 302 g/mol. The van der Waals surface area contributed by atoms with Crippen molar-refractivity contribution in [1.82, 2.24) is 15.5 Å². The average Bonchev–Trinajstić information content (AvgIpc) is 3.25. The van der Waals surface area contributed by atoms with Gasteiger partial charge in [0, 0.05) is 12.6 Å². The molecule has 24 heavy (non-hydrogen) atoms. The Labute approximate surface area is 144 Å². The summed E-state index contributed by atoms with van der Waals surface area (Å²) in [7, 11) is 1.79. The minimum atomic E-state index is -0.0527. The predicted octanol–water partition coefficient (Wildman–Crippen LogP) is 1.58. The van der Waals surface area contributed by atoms with Crippen molar-refractivity contribution in [2.45, 2.75) is 39.2 Å². The van der Waals surface area contributed by atoms with Crippen LogP contribution in [-0.2, 0) is 16.0 Å². The molecule has 1 aliphatic carbocycles. The first-order valence-corrected chi connectivity index (χ1v) is 8.67. The second-order valence-corrected chi connectivity index (χ2v) is 7.33. The second kappa shape index (κ2) is 8.29. The first kappa shape index (κ1) is 18.5. The Balaban J connectivity index is 1.70. The standard InChI is InChI=1S/C19H29N3O2/c1-15(2)21-18(24)13-22(3)12-17(23)20-14-19(9-10-19)11-16-7-5-4-6-8-16/h4-8,15H,9-14H2,1-3H3,(H,20,23)(H,21,24). The Morgan fingerprint density at radius 1 is 1.12 bits per heavy atom. The lowest BCUT2D eigenvalue weighted by Crippen LogP contribution is -2.43. The molecule has 2 N–H and O–H groups in total. The van der Waals surface area contributed by atoms with Crippen LogP contribution in [0.1, 0.15) is 32.3 Å². The van der Waals surface area contributed by atoms with E-state index in [1.807, 2.05) is 19.9 Å². The Morgan fingerprint density at radius 2 is 1.75 bits per heavy atom. The summed E-state index contributed by atoms with van der Waals surface area (Å²) < 4.78 is 0. The normalized spacial score (nSPS) is 15.4. The molecule has 0 unspecified atom stereocenters. The van der Waals surface area contributed by atoms with E-state index in [4.69, 9.17) is 0 Å². The van der Waals surface area contributed by atoms with Gasteiger partial charge in [0.05, 0.1) is 13.1 Å². The topological polar surface area (TPSA) is 61.4 Å². The molecule has 0 aromatic heterocycles. The van der Waals surface area contributed by atoms with Crippen LogP contribution in [-0.4, -0.2) is 49.4 Å². The second-order valence-electron chi connectivity index (χ2n) is 7.33. The maximum Gasteiger partial charge on any atom is 0.234 e. The summed E-state index contributed by atoms with van der Waals surface area (Å²) in [4.78, 5) is 25.5. The van der Waals surface area contributed by atoms with Gasteiger partial charge in [-0.15, -0.1) is 0 Å². The number of amides is 2. The van der Waals surface area contributed by atoms with Gasteiger partial charge in [-0.3, -0.25) is 14.5 Å². The minimum absolute atomic E-state index is 0.0193. The zero-order chi connectivity index (χ0) is 17.6. The monoisotopic (exact) mass is 331 g/mol. The summed E-state index contributed by atoms with van der Waals surface area (Å²) in [6.07, 6.45) is 3.34. The molecule has 2 rings (SSSR count). The van der Waals surface area contributed by atoms with Crippen LogP contribution >= 0.6 is 0 Å². The predicted molar refractivity (Wildman–Crippen MR) is 95.6 cm³/mol. The van der Waals surface area contributed by atoms with E-state index in [1.165, 1.54) is 5.56 Å². The van der Waals surface area contributed by atoms with Crippen molar-refractivity contribution < 1.29 is 9.59 Å². The van der Waals surface area contributed by atoms with Crippen molar-refractivity contribution in [3.63, 3.8) is 0 Å². The molecule has 132 valence electrons. The fraction of sp³-hybridized carbons (Fsp3) is 0.579. The van der Waals surface area contributed by atoms with E-state index < -0.39 is 0 Å². The van der Waals surface area contributed by atoms with E-state index in [0.717, 1.165) is 19.3 Å². The molecule has 0 bridgehead atoms. The number of carbonyl (C=O) groups excluding carboxylic acids is 2. The highest BCUT2D eigenvalue weighted by Gasteiger charge is 2.42. The zero-order valence-electron chi connectivity index (χ0n) is 15.0. The lowest BCUT2D eigenvalue weighted by molar-refractivity contribution is -0.124. The van der Waals surface area contributed by atoms with Gasteiger partial charge in [-0.2, -0.15) is 0 Å². The van der Waals surface area contributed by atoms with Crippen molar-refractivity contribution in [1.29, 1.82) is 0 Å². The van der Waals surface area contributed by atoms with Gasteiger partial charge in [0.2, 0.25) is 11.8 Å². The molecule has 2 amide bonds. The number of benzene rings is 1. The summed E-state index contributed by atoms with van der Waals surface area (Å²) in [6, 6.07) is 10.5. The van der Waals surface area contributed by atoms with E-state index in [1.54, 1.807) is 11.9 Å². The fourth-order valence-corrected chi connectivity index (χ4v) is 2.88. The maximum absolute atomic E-state index is 12.1. The molecule has 0 saturated heterocycles. The number of hydrogen-bond donors (Lipinski definition) is 2. The smallest absolute Gasteiger partial charge is 0.234 e. The minimum Gasteiger partial charge on any atom is -0.354 e. The Kier molecular flexibility index (Phi) is 6.37. The summed E-state index contributed by atoms with van der Waals surface area (Å²) in [5, 5.41) is 5.87. The van der Waals surface area contributed by atoms with Crippen molar-refractivity contribution in [2.75, 3.05) is 26.7 Å². The summed E-state index contributed by atoms with van der Waals surface area (Å²) in [6.45, 7) is 5.04. The fourth-order valence-electron chi connectivity index (χ4n) is 2.88. The van der Waals surface area contributed by atoms with Gasteiger partial charge in [0.1, 0.15) is 0 Å². The van der Waals surface area contributed by atoms with Crippen LogP contribution < -0.4 is 10.6 Å². The van der Waals surface area contributed by atoms with Crippen LogP contribution in [0.2, 0.25) is 0 Å². The lowest BCUT2D eigenvalue weighted by atomic mass is 9.96. The molecule has 1 fully saturated rings. The first-order valence-electron chi connectivity index (χ1n) is 8.67. The maximum atomic E-state index is 12.1. The van der Waals surface area contributed by atoms with Gasteiger partial charge >= 0.3 is 0 Å². The van der Waals surface area contributed by atoms with Crippen LogP contribution in [0.5, 0.6) is 0 Å². The highest BCUT2D eigenvalue weighted by Crippen LogP contribution is 2.47. The SMILES string of the molecule is CC(C)NC(=O)CN(C)CC(=O)NCC1(Cc2ccccc2)CC1. The largest absolute Gasteiger partial charge is 0.354 e. The van der Waals surface area contributed by atoms with Crippen molar-refractivity contribution in [2.24, 2.45) is 5.41 Å².